The van der Waals surface area contributed by atoms with Crippen LogP contribution in [0.25, 0.3) is 16.2 Å². The number of nitro benzene ring substituents is 1. The number of aromatic nitrogens is 3. The van der Waals surface area contributed by atoms with Crippen molar-refractivity contribution in [1.82, 2.24) is 14.6 Å². The SMILES string of the molecule is COc1cc([N+](=O)[O-])c(OC)cc1-c1nc2sc(C)nn2c1/C=N/N=C(N)N. The summed E-state index contributed by atoms with van der Waals surface area (Å²) >= 11 is 1.37. The second-order valence-electron chi connectivity index (χ2n) is 5.41. The van der Waals surface area contributed by atoms with Crippen molar-refractivity contribution in [2.45, 2.75) is 6.92 Å². The van der Waals surface area contributed by atoms with E-state index >= 15 is 0 Å². The molecule has 0 radical (unpaired) electrons. The maximum absolute atomic E-state index is 11.3. The number of nitro groups is 1. The minimum atomic E-state index is -0.553. The van der Waals surface area contributed by atoms with Gasteiger partial charge in [-0.2, -0.15) is 10.2 Å². The number of benzene rings is 1. The molecule has 0 fully saturated rings. The third kappa shape index (κ3) is 3.42. The number of guanidine groups is 1. The van der Waals surface area contributed by atoms with Crippen LogP contribution in [0.3, 0.4) is 0 Å². The van der Waals surface area contributed by atoms with E-state index in [1.807, 2.05) is 6.92 Å². The smallest absolute Gasteiger partial charge is 0.314 e. The van der Waals surface area contributed by atoms with E-state index in [0.29, 0.717) is 21.9 Å². The van der Waals surface area contributed by atoms with Gasteiger partial charge in [0, 0.05) is 11.6 Å². The van der Waals surface area contributed by atoms with Crippen LogP contribution in [0.15, 0.2) is 22.3 Å². The highest BCUT2D eigenvalue weighted by molar-refractivity contribution is 7.16. The van der Waals surface area contributed by atoms with Crippen LogP contribution in [-0.4, -0.2) is 45.9 Å². The van der Waals surface area contributed by atoms with Crippen LogP contribution in [0.1, 0.15) is 10.7 Å². The molecule has 146 valence electrons. The van der Waals surface area contributed by atoms with Crippen LogP contribution < -0.4 is 20.9 Å². The van der Waals surface area contributed by atoms with E-state index in [0.717, 1.165) is 5.01 Å². The summed E-state index contributed by atoms with van der Waals surface area (Å²) in [4.78, 5) is 15.9. The van der Waals surface area contributed by atoms with E-state index < -0.39 is 4.92 Å². The lowest BCUT2D eigenvalue weighted by atomic mass is 10.1. The fourth-order valence-corrected chi connectivity index (χ4v) is 3.28. The average Bonchev–Trinajstić information content (AvgIpc) is 3.16. The van der Waals surface area contributed by atoms with Gasteiger partial charge in [0.1, 0.15) is 22.1 Å². The molecule has 0 aliphatic carbocycles. The number of ether oxygens (including phenoxy) is 2. The molecule has 0 amide bonds. The summed E-state index contributed by atoms with van der Waals surface area (Å²) in [5, 5.41) is 23.9. The lowest BCUT2D eigenvalue weighted by Gasteiger charge is -2.10. The Morgan fingerprint density at radius 1 is 1.32 bits per heavy atom. The molecular weight excluding hydrogens is 388 g/mol. The van der Waals surface area contributed by atoms with Gasteiger partial charge in [0.25, 0.3) is 0 Å². The number of aryl methyl sites for hydroxylation is 1. The van der Waals surface area contributed by atoms with E-state index in [2.05, 4.69) is 20.3 Å². The van der Waals surface area contributed by atoms with E-state index in [-0.39, 0.29) is 23.1 Å². The number of rotatable bonds is 6. The van der Waals surface area contributed by atoms with Crippen LogP contribution in [0.2, 0.25) is 0 Å². The van der Waals surface area contributed by atoms with E-state index in [9.17, 15) is 10.1 Å². The summed E-state index contributed by atoms with van der Waals surface area (Å²) in [6.45, 7) is 1.84. The van der Waals surface area contributed by atoms with Crippen molar-refractivity contribution >= 4 is 34.2 Å². The Balaban J connectivity index is 2.28. The Kier molecular flexibility index (Phi) is 5.08. The Labute approximate surface area is 162 Å². The van der Waals surface area contributed by atoms with E-state index in [1.165, 1.54) is 43.9 Å². The van der Waals surface area contributed by atoms with Crippen molar-refractivity contribution < 1.29 is 14.4 Å². The lowest BCUT2D eigenvalue weighted by molar-refractivity contribution is -0.385. The predicted molar refractivity (Wildman–Crippen MR) is 104 cm³/mol. The molecule has 28 heavy (non-hydrogen) atoms. The van der Waals surface area contributed by atoms with Crippen molar-refractivity contribution in [2.75, 3.05) is 14.2 Å². The first kappa shape index (κ1) is 19.0. The van der Waals surface area contributed by atoms with Gasteiger partial charge in [-0.25, -0.2) is 9.50 Å². The Bertz CT molecular complexity index is 1110. The van der Waals surface area contributed by atoms with Gasteiger partial charge in [0.05, 0.1) is 31.4 Å². The second-order valence-corrected chi connectivity index (χ2v) is 6.57. The number of nitrogens with zero attached hydrogens (tertiary/aromatic N) is 6. The van der Waals surface area contributed by atoms with E-state index in [4.69, 9.17) is 20.9 Å². The third-order valence-corrected chi connectivity index (χ3v) is 4.47. The molecule has 0 aliphatic rings. The maximum Gasteiger partial charge on any atom is 0.314 e. The molecule has 2 aromatic heterocycles. The van der Waals surface area contributed by atoms with Crippen LogP contribution in [-0.2, 0) is 0 Å². The predicted octanol–water partition coefficient (Wildman–Crippen LogP) is 1.30. The Hall–Kier alpha value is -3.74. The number of hydrogen-bond acceptors (Lipinski definition) is 9. The fraction of sp³-hybridized carbons (Fsp3) is 0.200. The third-order valence-electron chi connectivity index (χ3n) is 3.65. The molecule has 0 saturated carbocycles. The number of methoxy groups -OCH3 is 2. The number of fused-ring (bicyclic) bond motifs is 1. The molecule has 0 saturated heterocycles. The molecule has 0 unspecified atom stereocenters. The molecular formula is C15H16N8O4S. The zero-order valence-corrected chi connectivity index (χ0v) is 15.9. The summed E-state index contributed by atoms with van der Waals surface area (Å²) in [6, 6.07) is 2.76. The van der Waals surface area contributed by atoms with Gasteiger partial charge in [-0.05, 0) is 6.92 Å². The lowest BCUT2D eigenvalue weighted by Crippen LogP contribution is -2.21. The first-order valence-electron chi connectivity index (χ1n) is 7.74. The fourth-order valence-electron chi connectivity index (χ4n) is 2.53. The molecule has 12 nitrogen and oxygen atoms in total. The largest absolute Gasteiger partial charge is 0.496 e. The van der Waals surface area contributed by atoms with Gasteiger partial charge >= 0.3 is 5.69 Å². The maximum atomic E-state index is 11.3. The molecule has 1 aromatic carbocycles. The van der Waals surface area contributed by atoms with Crippen LogP contribution >= 0.6 is 11.3 Å². The highest BCUT2D eigenvalue weighted by Gasteiger charge is 2.25. The number of hydrogen-bond donors (Lipinski definition) is 2. The first-order valence-corrected chi connectivity index (χ1v) is 8.56. The van der Waals surface area contributed by atoms with Crippen molar-refractivity contribution in [2.24, 2.45) is 21.7 Å². The normalized spacial score (nSPS) is 11.1. The quantitative estimate of drug-likeness (QED) is 0.268. The van der Waals surface area contributed by atoms with Crippen LogP contribution in [0, 0.1) is 17.0 Å². The van der Waals surface area contributed by atoms with Gasteiger partial charge in [-0.1, -0.05) is 11.3 Å². The minimum Gasteiger partial charge on any atom is -0.496 e. The molecule has 3 rings (SSSR count). The molecule has 2 heterocycles. The van der Waals surface area contributed by atoms with Crippen molar-refractivity contribution in [1.29, 1.82) is 0 Å². The summed E-state index contributed by atoms with van der Waals surface area (Å²) < 4.78 is 12.1. The molecule has 0 atom stereocenters. The Morgan fingerprint density at radius 2 is 2.04 bits per heavy atom. The highest BCUT2D eigenvalue weighted by Crippen LogP contribution is 2.40. The van der Waals surface area contributed by atoms with Gasteiger partial charge in [-0.3, -0.25) is 10.1 Å². The molecule has 4 N–H and O–H groups in total. The molecule has 13 heteroatoms. The average molecular weight is 404 g/mol. The van der Waals surface area contributed by atoms with Gasteiger partial charge in [0.2, 0.25) is 10.9 Å². The summed E-state index contributed by atoms with van der Waals surface area (Å²) in [7, 11) is 2.75. The molecule has 3 aromatic rings. The molecule has 0 spiro atoms. The van der Waals surface area contributed by atoms with Gasteiger partial charge in [0.15, 0.2) is 5.75 Å². The van der Waals surface area contributed by atoms with E-state index in [1.54, 1.807) is 4.52 Å². The minimum absolute atomic E-state index is 0.0633. The van der Waals surface area contributed by atoms with Crippen molar-refractivity contribution in [3.8, 4) is 22.8 Å². The van der Waals surface area contributed by atoms with Crippen molar-refractivity contribution in [3.05, 3.63) is 32.9 Å². The summed E-state index contributed by atoms with van der Waals surface area (Å²) in [5.41, 5.74) is 11.7. The topological polar surface area (TPSA) is 169 Å². The Morgan fingerprint density at radius 3 is 2.64 bits per heavy atom. The zero-order chi connectivity index (χ0) is 20.4. The monoisotopic (exact) mass is 404 g/mol. The van der Waals surface area contributed by atoms with Crippen LogP contribution in [0.4, 0.5) is 5.69 Å². The highest BCUT2D eigenvalue weighted by atomic mass is 32.1. The first-order chi connectivity index (χ1) is 13.3. The standard InChI is InChI=1S/C15H16N8O4S/c1-7-21-22-10(6-18-20-14(16)17)13(19-15(22)28-7)8-4-12(27-3)9(23(24)25)5-11(8)26-2/h4-6H,1-3H3,(H4,16,17,20)/b18-6+. The van der Waals surface area contributed by atoms with Gasteiger partial charge in [-0.15, -0.1) is 5.10 Å². The van der Waals surface area contributed by atoms with Gasteiger partial charge < -0.3 is 20.9 Å². The summed E-state index contributed by atoms with van der Waals surface area (Å²) in [5.74, 6) is 0.0995. The second kappa shape index (κ2) is 7.48. The van der Waals surface area contributed by atoms with Crippen molar-refractivity contribution in [3.63, 3.8) is 0 Å². The molecule has 0 aliphatic heterocycles. The van der Waals surface area contributed by atoms with Crippen LogP contribution in [0.5, 0.6) is 11.5 Å². The zero-order valence-electron chi connectivity index (χ0n) is 15.1. The number of nitrogens with two attached hydrogens (primary N) is 2. The molecule has 0 bridgehead atoms. The summed E-state index contributed by atoms with van der Waals surface area (Å²) in [6.07, 6.45) is 1.39. The number of imidazole rings is 1.